The molecule has 1 aromatic rings. The van der Waals surface area contributed by atoms with Crippen LogP contribution in [-0.4, -0.2) is 28.3 Å². The third kappa shape index (κ3) is 3.78. The van der Waals surface area contributed by atoms with Crippen molar-refractivity contribution in [3.8, 4) is 0 Å². The Morgan fingerprint density at radius 3 is 2.95 bits per heavy atom. The van der Waals surface area contributed by atoms with Crippen molar-refractivity contribution < 1.29 is 15.0 Å². The lowest BCUT2D eigenvalue weighted by Crippen LogP contribution is -2.40. The van der Waals surface area contributed by atoms with Crippen molar-refractivity contribution in [3.05, 3.63) is 22.4 Å². The molecule has 2 rings (SSSR count). The average Bonchev–Trinajstić information content (AvgIpc) is 2.98. The molecule has 1 fully saturated rings. The number of nitrogens with one attached hydrogen (secondary N) is 1. The summed E-state index contributed by atoms with van der Waals surface area (Å²) in [5, 5.41) is 24.5. The summed E-state index contributed by atoms with van der Waals surface area (Å²) >= 11 is 1.51. The van der Waals surface area contributed by atoms with Crippen LogP contribution in [0.15, 0.2) is 17.5 Å². The Hall–Kier alpha value is -0.910. The van der Waals surface area contributed by atoms with E-state index in [0.29, 0.717) is 12.8 Å². The second kappa shape index (κ2) is 6.50. The third-order valence-corrected chi connectivity index (χ3v) is 4.63. The Morgan fingerprint density at radius 1 is 1.58 bits per heavy atom. The van der Waals surface area contributed by atoms with Crippen LogP contribution in [0.2, 0.25) is 0 Å². The van der Waals surface area contributed by atoms with Crippen LogP contribution in [0.5, 0.6) is 0 Å². The highest BCUT2D eigenvalue weighted by Gasteiger charge is 2.32. The molecule has 0 bridgehead atoms. The molecule has 0 spiro atoms. The number of thiophene rings is 1. The lowest BCUT2D eigenvalue weighted by atomic mass is 10.0. The largest absolute Gasteiger partial charge is 0.392 e. The van der Waals surface area contributed by atoms with E-state index in [-0.39, 0.29) is 17.9 Å². The van der Waals surface area contributed by atoms with Crippen LogP contribution in [0.3, 0.4) is 0 Å². The van der Waals surface area contributed by atoms with Crippen LogP contribution >= 0.6 is 11.3 Å². The smallest absolute Gasteiger partial charge is 0.225 e. The van der Waals surface area contributed by atoms with Gasteiger partial charge in [0.25, 0.3) is 0 Å². The molecular weight excluding hydrogens is 262 g/mol. The summed E-state index contributed by atoms with van der Waals surface area (Å²) in [5.41, 5.74) is 0. The van der Waals surface area contributed by atoms with Crippen LogP contribution < -0.4 is 5.32 Å². The second-order valence-electron chi connectivity index (χ2n) is 5.28. The molecule has 106 valence electrons. The summed E-state index contributed by atoms with van der Waals surface area (Å²) < 4.78 is 0. The van der Waals surface area contributed by atoms with Gasteiger partial charge in [0.15, 0.2) is 0 Å². The molecule has 1 aromatic heterocycles. The summed E-state index contributed by atoms with van der Waals surface area (Å²) in [5.74, 6) is -0.364. The van der Waals surface area contributed by atoms with Gasteiger partial charge in [0.05, 0.1) is 18.1 Å². The maximum Gasteiger partial charge on any atom is 0.225 e. The molecule has 0 saturated heterocycles. The number of carbonyl (C=O) groups excluding carboxylic acids is 1. The van der Waals surface area contributed by atoms with Crippen LogP contribution in [0.1, 0.15) is 43.6 Å². The van der Waals surface area contributed by atoms with Gasteiger partial charge < -0.3 is 15.5 Å². The second-order valence-corrected chi connectivity index (χ2v) is 6.26. The van der Waals surface area contributed by atoms with Crippen molar-refractivity contribution >= 4 is 17.2 Å². The summed E-state index contributed by atoms with van der Waals surface area (Å²) in [7, 11) is 0. The Bertz CT molecular complexity index is 407. The number of aliphatic hydroxyl groups is 2. The van der Waals surface area contributed by atoms with Gasteiger partial charge in [-0.1, -0.05) is 6.07 Å². The van der Waals surface area contributed by atoms with Gasteiger partial charge in [-0.05, 0) is 44.1 Å². The van der Waals surface area contributed by atoms with Gasteiger partial charge in [-0.3, -0.25) is 4.79 Å². The lowest BCUT2D eigenvalue weighted by molar-refractivity contribution is -0.128. The standard InChI is InChI=1S/C14H21NO3S/c1-9(8-12(17)13-6-3-7-19-13)15-14(18)10-4-2-5-11(10)16/h3,6-7,9-12,16-17H,2,4-5,8H2,1H3,(H,15,18). The number of hydrogen-bond acceptors (Lipinski definition) is 4. The maximum atomic E-state index is 12.0. The maximum absolute atomic E-state index is 12.0. The molecular formula is C14H21NO3S. The quantitative estimate of drug-likeness (QED) is 0.772. The first kappa shape index (κ1) is 14.5. The minimum Gasteiger partial charge on any atom is -0.392 e. The molecule has 4 unspecified atom stereocenters. The summed E-state index contributed by atoms with van der Waals surface area (Å²) in [4.78, 5) is 12.9. The van der Waals surface area contributed by atoms with Gasteiger partial charge in [-0.25, -0.2) is 0 Å². The fourth-order valence-electron chi connectivity index (χ4n) is 2.59. The Balaban J connectivity index is 1.80. The van der Waals surface area contributed by atoms with Gasteiger partial charge in [-0.15, -0.1) is 11.3 Å². The summed E-state index contributed by atoms with van der Waals surface area (Å²) in [6, 6.07) is 3.70. The number of rotatable bonds is 5. The molecule has 19 heavy (non-hydrogen) atoms. The van der Waals surface area contributed by atoms with Gasteiger partial charge in [0.2, 0.25) is 5.91 Å². The van der Waals surface area contributed by atoms with Crippen molar-refractivity contribution in [1.29, 1.82) is 0 Å². The minimum absolute atomic E-state index is 0.0871. The molecule has 1 aliphatic carbocycles. The minimum atomic E-state index is -0.538. The number of carbonyl (C=O) groups is 1. The van der Waals surface area contributed by atoms with Crippen LogP contribution in [-0.2, 0) is 4.79 Å². The van der Waals surface area contributed by atoms with Crippen molar-refractivity contribution in [2.45, 2.75) is 50.9 Å². The number of amides is 1. The molecule has 1 aliphatic rings. The molecule has 0 radical (unpaired) electrons. The highest BCUT2D eigenvalue weighted by atomic mass is 32.1. The SMILES string of the molecule is CC(CC(O)c1cccs1)NC(=O)C1CCCC1O. The third-order valence-electron chi connectivity index (χ3n) is 3.65. The van der Waals surface area contributed by atoms with E-state index in [4.69, 9.17) is 0 Å². The van der Waals surface area contributed by atoms with Gasteiger partial charge in [-0.2, -0.15) is 0 Å². The van der Waals surface area contributed by atoms with Gasteiger partial charge in [0, 0.05) is 10.9 Å². The van der Waals surface area contributed by atoms with E-state index >= 15 is 0 Å². The Morgan fingerprint density at radius 2 is 2.37 bits per heavy atom. The van der Waals surface area contributed by atoms with E-state index in [1.807, 2.05) is 24.4 Å². The van der Waals surface area contributed by atoms with E-state index in [1.165, 1.54) is 11.3 Å². The molecule has 5 heteroatoms. The highest BCUT2D eigenvalue weighted by Crippen LogP contribution is 2.26. The van der Waals surface area contributed by atoms with Crippen LogP contribution in [0.25, 0.3) is 0 Å². The fourth-order valence-corrected chi connectivity index (χ4v) is 3.31. The monoisotopic (exact) mass is 283 g/mol. The van der Waals surface area contributed by atoms with Crippen molar-refractivity contribution in [3.63, 3.8) is 0 Å². The molecule has 1 saturated carbocycles. The fraction of sp³-hybridized carbons (Fsp3) is 0.643. The van der Waals surface area contributed by atoms with E-state index < -0.39 is 12.2 Å². The predicted molar refractivity (Wildman–Crippen MR) is 74.8 cm³/mol. The predicted octanol–water partition coefficient (Wildman–Crippen LogP) is 1.84. The topological polar surface area (TPSA) is 69.6 Å². The van der Waals surface area contributed by atoms with E-state index in [2.05, 4.69) is 5.32 Å². The first-order chi connectivity index (χ1) is 9.08. The highest BCUT2D eigenvalue weighted by molar-refractivity contribution is 7.10. The van der Waals surface area contributed by atoms with Crippen LogP contribution in [0.4, 0.5) is 0 Å². The zero-order valence-corrected chi connectivity index (χ0v) is 11.9. The molecule has 0 aromatic carbocycles. The number of aliphatic hydroxyl groups excluding tert-OH is 2. The first-order valence-corrected chi connectivity index (χ1v) is 7.66. The van der Waals surface area contributed by atoms with E-state index in [9.17, 15) is 15.0 Å². The normalized spacial score (nSPS) is 26.1. The molecule has 1 heterocycles. The van der Waals surface area contributed by atoms with E-state index in [1.54, 1.807) is 0 Å². The van der Waals surface area contributed by atoms with Gasteiger partial charge >= 0.3 is 0 Å². The Kier molecular flexibility index (Phi) is 4.96. The van der Waals surface area contributed by atoms with Crippen LogP contribution in [0, 0.1) is 5.92 Å². The lowest BCUT2D eigenvalue weighted by Gasteiger charge is -2.20. The Labute approximate surface area is 117 Å². The summed E-state index contributed by atoms with van der Waals surface area (Å²) in [6.45, 7) is 1.88. The van der Waals surface area contributed by atoms with Crippen molar-refractivity contribution in [1.82, 2.24) is 5.32 Å². The molecule has 0 aliphatic heterocycles. The molecule has 4 nitrogen and oxygen atoms in total. The molecule has 4 atom stereocenters. The number of hydrogen-bond donors (Lipinski definition) is 3. The molecule has 1 amide bonds. The van der Waals surface area contributed by atoms with E-state index in [0.717, 1.165) is 17.7 Å². The van der Waals surface area contributed by atoms with Gasteiger partial charge in [0.1, 0.15) is 0 Å². The zero-order chi connectivity index (χ0) is 13.8. The van der Waals surface area contributed by atoms with Crippen molar-refractivity contribution in [2.24, 2.45) is 5.92 Å². The summed E-state index contributed by atoms with van der Waals surface area (Å²) in [6.07, 6.45) is 1.83. The zero-order valence-electron chi connectivity index (χ0n) is 11.1. The first-order valence-electron chi connectivity index (χ1n) is 6.78. The molecule has 3 N–H and O–H groups in total. The van der Waals surface area contributed by atoms with Crippen molar-refractivity contribution in [2.75, 3.05) is 0 Å². The average molecular weight is 283 g/mol.